The van der Waals surface area contributed by atoms with E-state index in [0.717, 1.165) is 11.1 Å². The Morgan fingerprint density at radius 3 is 2.16 bits per heavy atom. The fraction of sp³-hybridized carbons (Fsp3) is 0.133. The summed E-state index contributed by atoms with van der Waals surface area (Å²) in [5.41, 5.74) is 8.36. The van der Waals surface area contributed by atoms with Crippen LogP contribution in [0.5, 0.6) is 0 Å². The van der Waals surface area contributed by atoms with Crippen LogP contribution < -0.4 is 5.73 Å². The molecular weight excluding hydrogens is 242 g/mol. The summed E-state index contributed by atoms with van der Waals surface area (Å²) in [5.74, 6) is -0.388. The number of nitrogens with two attached hydrogens (primary N) is 1. The van der Waals surface area contributed by atoms with Crippen molar-refractivity contribution in [2.24, 2.45) is 0 Å². The van der Waals surface area contributed by atoms with Gasteiger partial charge < -0.3 is 15.6 Å². The van der Waals surface area contributed by atoms with Crippen LogP contribution in [0, 0.1) is 0 Å². The smallest absolute Gasteiger partial charge is 0.338 e. The van der Waals surface area contributed by atoms with Gasteiger partial charge in [-0.1, -0.05) is 24.3 Å². The van der Waals surface area contributed by atoms with Crippen molar-refractivity contribution in [2.75, 3.05) is 5.73 Å². The van der Waals surface area contributed by atoms with E-state index in [0.29, 0.717) is 11.3 Å². The van der Waals surface area contributed by atoms with Crippen LogP contribution in [0.1, 0.15) is 21.5 Å². The van der Waals surface area contributed by atoms with Gasteiger partial charge in [-0.05, 0) is 35.4 Å². The average molecular weight is 257 g/mol. The lowest BCUT2D eigenvalue weighted by Gasteiger charge is -2.06. The number of ether oxygens (including phenoxy) is 1. The molecule has 0 aromatic heterocycles. The molecule has 2 aromatic rings. The number of carbonyl (C=O) groups excluding carboxylic acids is 1. The molecule has 2 aromatic carbocycles. The summed E-state index contributed by atoms with van der Waals surface area (Å²) in [6, 6.07) is 13.8. The topological polar surface area (TPSA) is 72.5 Å². The fourth-order valence-electron chi connectivity index (χ4n) is 1.59. The number of rotatable bonds is 4. The van der Waals surface area contributed by atoms with E-state index in [-0.39, 0.29) is 19.2 Å². The van der Waals surface area contributed by atoms with E-state index < -0.39 is 0 Å². The minimum absolute atomic E-state index is 0.0409. The third-order valence-electron chi connectivity index (χ3n) is 2.72. The summed E-state index contributed by atoms with van der Waals surface area (Å²) in [7, 11) is 0. The summed E-state index contributed by atoms with van der Waals surface area (Å²) in [6.45, 7) is 0.168. The van der Waals surface area contributed by atoms with Crippen molar-refractivity contribution < 1.29 is 14.6 Å². The Bertz CT molecular complexity index is 547. The van der Waals surface area contributed by atoms with Gasteiger partial charge in [0.25, 0.3) is 0 Å². The highest BCUT2D eigenvalue weighted by Crippen LogP contribution is 2.10. The molecule has 0 aliphatic rings. The summed E-state index contributed by atoms with van der Waals surface area (Å²) >= 11 is 0. The maximum atomic E-state index is 11.8. The molecule has 19 heavy (non-hydrogen) atoms. The molecule has 0 atom stereocenters. The van der Waals surface area contributed by atoms with Crippen LogP contribution >= 0.6 is 0 Å². The first kappa shape index (κ1) is 13.1. The van der Waals surface area contributed by atoms with Gasteiger partial charge in [-0.15, -0.1) is 0 Å². The van der Waals surface area contributed by atoms with Crippen LogP contribution in [0.25, 0.3) is 0 Å². The zero-order valence-corrected chi connectivity index (χ0v) is 10.4. The number of aliphatic hydroxyl groups excluding tert-OH is 1. The lowest BCUT2D eigenvalue weighted by atomic mass is 10.1. The minimum Gasteiger partial charge on any atom is -0.457 e. The van der Waals surface area contributed by atoms with Gasteiger partial charge >= 0.3 is 5.97 Å². The average Bonchev–Trinajstić information content (AvgIpc) is 2.46. The van der Waals surface area contributed by atoms with Crippen molar-refractivity contribution in [3.05, 3.63) is 65.2 Å². The molecule has 0 spiro atoms. The largest absolute Gasteiger partial charge is 0.457 e. The number of aliphatic hydroxyl groups is 1. The van der Waals surface area contributed by atoms with E-state index in [4.69, 9.17) is 15.6 Å². The molecule has 4 nitrogen and oxygen atoms in total. The Kier molecular flexibility index (Phi) is 4.15. The highest BCUT2D eigenvalue weighted by atomic mass is 16.5. The predicted molar refractivity (Wildman–Crippen MR) is 72.3 cm³/mol. The van der Waals surface area contributed by atoms with E-state index in [2.05, 4.69) is 0 Å². The number of hydrogen-bond acceptors (Lipinski definition) is 4. The van der Waals surface area contributed by atoms with E-state index in [1.165, 1.54) is 0 Å². The summed E-state index contributed by atoms with van der Waals surface area (Å²) < 4.78 is 5.19. The number of anilines is 1. The second-order valence-electron chi connectivity index (χ2n) is 4.17. The Balaban J connectivity index is 1.95. The molecule has 98 valence electrons. The van der Waals surface area contributed by atoms with Crippen molar-refractivity contribution in [1.29, 1.82) is 0 Å². The molecule has 0 aliphatic heterocycles. The van der Waals surface area contributed by atoms with Crippen LogP contribution in [-0.4, -0.2) is 11.1 Å². The van der Waals surface area contributed by atoms with Crippen molar-refractivity contribution in [3.8, 4) is 0 Å². The standard InChI is InChI=1S/C15H15NO3/c16-14-7-3-12(4-8-14)10-19-15(18)13-5-1-11(9-17)2-6-13/h1-8,17H,9-10,16H2. The lowest BCUT2D eigenvalue weighted by Crippen LogP contribution is -2.05. The molecule has 3 N–H and O–H groups in total. The molecular formula is C15H15NO3. The molecule has 2 rings (SSSR count). The monoisotopic (exact) mass is 257 g/mol. The first-order valence-corrected chi connectivity index (χ1v) is 5.90. The van der Waals surface area contributed by atoms with Crippen molar-refractivity contribution >= 4 is 11.7 Å². The second-order valence-corrected chi connectivity index (χ2v) is 4.17. The second kappa shape index (κ2) is 6.02. The molecule has 0 heterocycles. The molecule has 0 saturated heterocycles. The van der Waals surface area contributed by atoms with E-state index in [9.17, 15) is 4.79 Å². The highest BCUT2D eigenvalue weighted by molar-refractivity contribution is 5.89. The maximum Gasteiger partial charge on any atom is 0.338 e. The SMILES string of the molecule is Nc1ccc(COC(=O)c2ccc(CO)cc2)cc1. The maximum absolute atomic E-state index is 11.8. The predicted octanol–water partition coefficient (Wildman–Crippen LogP) is 2.12. The minimum atomic E-state index is -0.388. The van der Waals surface area contributed by atoms with Gasteiger partial charge in [0.15, 0.2) is 0 Å². The summed E-state index contributed by atoms with van der Waals surface area (Å²) in [6.07, 6.45) is 0. The number of carbonyl (C=O) groups is 1. The first-order chi connectivity index (χ1) is 9.19. The lowest BCUT2D eigenvalue weighted by molar-refractivity contribution is 0.0472. The highest BCUT2D eigenvalue weighted by Gasteiger charge is 2.07. The van der Waals surface area contributed by atoms with Crippen LogP contribution in [0.2, 0.25) is 0 Å². The molecule has 0 saturated carbocycles. The summed E-state index contributed by atoms with van der Waals surface area (Å²) in [4.78, 5) is 11.8. The molecule has 0 amide bonds. The van der Waals surface area contributed by atoms with Gasteiger partial charge in [0.1, 0.15) is 6.61 Å². The van der Waals surface area contributed by atoms with Crippen molar-refractivity contribution in [3.63, 3.8) is 0 Å². The van der Waals surface area contributed by atoms with E-state index in [1.54, 1.807) is 36.4 Å². The van der Waals surface area contributed by atoms with E-state index in [1.807, 2.05) is 12.1 Å². The van der Waals surface area contributed by atoms with Gasteiger partial charge in [0.2, 0.25) is 0 Å². The van der Waals surface area contributed by atoms with Gasteiger partial charge in [-0.2, -0.15) is 0 Å². The zero-order valence-electron chi connectivity index (χ0n) is 10.4. The molecule has 0 aliphatic carbocycles. The van der Waals surface area contributed by atoms with E-state index >= 15 is 0 Å². The Morgan fingerprint density at radius 1 is 1.00 bits per heavy atom. The quantitative estimate of drug-likeness (QED) is 0.650. The van der Waals surface area contributed by atoms with Crippen molar-refractivity contribution in [1.82, 2.24) is 0 Å². The van der Waals surface area contributed by atoms with Gasteiger partial charge in [0, 0.05) is 5.69 Å². The molecule has 4 heteroatoms. The Hall–Kier alpha value is -2.33. The van der Waals surface area contributed by atoms with Crippen LogP contribution in [0.3, 0.4) is 0 Å². The van der Waals surface area contributed by atoms with Gasteiger partial charge in [-0.25, -0.2) is 4.79 Å². The van der Waals surface area contributed by atoms with Crippen molar-refractivity contribution in [2.45, 2.75) is 13.2 Å². The molecule has 0 bridgehead atoms. The van der Waals surface area contributed by atoms with Crippen LogP contribution in [0.4, 0.5) is 5.69 Å². The van der Waals surface area contributed by atoms with Crippen LogP contribution in [0.15, 0.2) is 48.5 Å². The number of esters is 1. The molecule has 0 unspecified atom stereocenters. The fourth-order valence-corrected chi connectivity index (χ4v) is 1.59. The normalized spacial score (nSPS) is 10.2. The number of benzene rings is 2. The van der Waals surface area contributed by atoms with Gasteiger partial charge in [-0.3, -0.25) is 0 Å². The van der Waals surface area contributed by atoms with Crippen LogP contribution in [-0.2, 0) is 18.0 Å². The zero-order chi connectivity index (χ0) is 13.7. The Morgan fingerprint density at radius 2 is 1.58 bits per heavy atom. The third-order valence-corrected chi connectivity index (χ3v) is 2.72. The molecule has 0 fully saturated rings. The number of nitrogen functional groups attached to an aromatic ring is 1. The first-order valence-electron chi connectivity index (χ1n) is 5.90. The molecule has 0 radical (unpaired) electrons. The Labute approximate surface area is 111 Å². The summed E-state index contributed by atoms with van der Waals surface area (Å²) in [5, 5.41) is 8.92. The third kappa shape index (κ3) is 3.56. The number of hydrogen-bond donors (Lipinski definition) is 2. The van der Waals surface area contributed by atoms with Gasteiger partial charge in [0.05, 0.1) is 12.2 Å².